The van der Waals surface area contributed by atoms with Crippen molar-refractivity contribution in [2.24, 2.45) is 34.5 Å². The van der Waals surface area contributed by atoms with Gasteiger partial charge in [0, 0.05) is 36.2 Å². The number of nitrogens with zero attached hydrogens (tertiary/aromatic N) is 2. The summed E-state index contributed by atoms with van der Waals surface area (Å²) in [6.45, 7) is 20.6. The molecule has 13 heteroatoms. The van der Waals surface area contributed by atoms with Crippen LogP contribution >= 0.6 is 46.7 Å². The molecule has 0 unspecified atom stereocenters. The van der Waals surface area contributed by atoms with Crippen LogP contribution in [-0.2, 0) is 14.3 Å². The van der Waals surface area contributed by atoms with Gasteiger partial charge in [0.15, 0.2) is 0 Å². The zero-order valence-corrected chi connectivity index (χ0v) is 45.6. The lowest BCUT2D eigenvalue weighted by molar-refractivity contribution is -0.125. The lowest BCUT2D eigenvalue weighted by Crippen LogP contribution is -2.47. The topological polar surface area (TPSA) is 145 Å². The number of carboxylic acid groups (broad SMARTS) is 1. The molecular formula is C53H81IN2O8S2. The first-order valence-electron chi connectivity index (χ1n) is 24.3. The first kappa shape index (κ1) is 57.4. The Labute approximate surface area is 422 Å². The zero-order chi connectivity index (χ0) is 48.2. The summed E-state index contributed by atoms with van der Waals surface area (Å²) in [5.41, 5.74) is 0.760. The second kappa shape index (κ2) is 26.1. The fraction of sp³-hybridized carbons (Fsp3) is 0.698. The van der Waals surface area contributed by atoms with Gasteiger partial charge in [0.05, 0.1) is 40.4 Å². The summed E-state index contributed by atoms with van der Waals surface area (Å²) in [4.78, 5) is 58.1. The number of aliphatic hydroxyl groups excluding tert-OH is 2. The summed E-state index contributed by atoms with van der Waals surface area (Å²) < 4.78 is 5.07. The summed E-state index contributed by atoms with van der Waals surface area (Å²) in [6.07, 6.45) is 12.5. The summed E-state index contributed by atoms with van der Waals surface area (Å²) in [5, 5.41) is 29.9. The molecule has 370 valence electrons. The van der Waals surface area contributed by atoms with Gasteiger partial charge in [-0.25, -0.2) is 9.59 Å². The van der Waals surface area contributed by atoms with Crippen molar-refractivity contribution in [1.29, 1.82) is 0 Å². The minimum atomic E-state index is -1.02. The number of hydrogen-bond donors (Lipinski definition) is 3. The second-order valence-electron chi connectivity index (χ2n) is 20.7. The molecule has 66 heavy (non-hydrogen) atoms. The van der Waals surface area contributed by atoms with Gasteiger partial charge in [-0.3, -0.25) is 9.59 Å². The van der Waals surface area contributed by atoms with Crippen LogP contribution in [0, 0.1) is 58.2 Å². The molecule has 0 spiro atoms. The van der Waals surface area contributed by atoms with Crippen LogP contribution < -0.4 is 9.80 Å². The van der Waals surface area contributed by atoms with E-state index in [9.17, 15) is 34.5 Å². The SMILES string of the molecule is CC.CC1CCC(C(=O)N(c2cc(C#CC(C)(C)C)sc2C(=O)O)C2CCC(O)CC2)CC1.COC(=O)c1sc(C#CC(C)(C)C)cc1N(C(=O)C1CCC(C)CC1)C1CCC(O)CC1.I.[2HH]. The quantitative estimate of drug-likeness (QED) is 0.135. The fourth-order valence-electron chi connectivity index (χ4n) is 9.17. The van der Waals surface area contributed by atoms with Crippen LogP contribution in [0.3, 0.4) is 0 Å². The van der Waals surface area contributed by atoms with E-state index in [2.05, 4.69) is 37.5 Å². The maximum Gasteiger partial charge on any atom is 0.350 e. The molecule has 0 saturated heterocycles. The van der Waals surface area contributed by atoms with E-state index in [1.807, 2.05) is 66.4 Å². The number of thiophene rings is 2. The number of aliphatic hydroxyl groups is 2. The highest BCUT2D eigenvalue weighted by Gasteiger charge is 2.39. The standard InChI is InChI=1S/C26H37NO4S.C25H35NO4S.C2H6.HI.H2/c1-17-6-8-18(9-7-17)24(29)27(19-10-12-20(28)13-11-19)22-16-21(14-15-26(2,3)4)32-23(22)25(30)31-5;1-16-5-7-17(8-6-16)23(28)26(18-9-11-19(27)12-10-18)21-15-20(13-14-25(2,3)4)31-22(21)24(29)30;1-2;;/h16-20,28H,6-13H2,1-5H3;15-19,27H,5-12H2,1-4H3,(H,29,30);1-2H3;2*1H/i;;;;1+1. The number of carbonyl (C=O) groups is 4. The van der Waals surface area contributed by atoms with Crippen molar-refractivity contribution in [3.63, 3.8) is 0 Å². The van der Waals surface area contributed by atoms with E-state index in [1.54, 1.807) is 11.0 Å². The average molecular weight is 1070 g/mol. The molecule has 0 atom stereocenters. The van der Waals surface area contributed by atoms with Crippen molar-refractivity contribution in [3.8, 4) is 23.7 Å². The van der Waals surface area contributed by atoms with Crippen LogP contribution in [0.4, 0.5) is 11.4 Å². The highest BCUT2D eigenvalue weighted by Crippen LogP contribution is 2.41. The summed E-state index contributed by atoms with van der Waals surface area (Å²) in [5.74, 6) is 12.6. The molecule has 4 aliphatic carbocycles. The van der Waals surface area contributed by atoms with E-state index in [1.165, 1.54) is 18.4 Å². The molecule has 0 aliphatic heterocycles. The van der Waals surface area contributed by atoms with Crippen molar-refractivity contribution >= 4 is 81.8 Å². The highest BCUT2D eigenvalue weighted by molar-refractivity contribution is 14.0. The maximum atomic E-state index is 13.9. The molecule has 2 aromatic rings. The predicted molar refractivity (Wildman–Crippen MR) is 282 cm³/mol. The summed E-state index contributed by atoms with van der Waals surface area (Å²) in [7, 11) is 1.37. The number of rotatable bonds is 8. The van der Waals surface area contributed by atoms with Crippen LogP contribution in [0.25, 0.3) is 0 Å². The number of methoxy groups -OCH3 is 1. The largest absolute Gasteiger partial charge is 0.477 e. The van der Waals surface area contributed by atoms with Gasteiger partial charge >= 0.3 is 11.9 Å². The van der Waals surface area contributed by atoms with Crippen molar-refractivity contribution < 1.29 is 40.7 Å². The molecule has 0 aromatic carbocycles. The number of ether oxygens (including phenoxy) is 1. The third-order valence-corrected chi connectivity index (χ3v) is 14.9. The van der Waals surface area contributed by atoms with Crippen LogP contribution in [0.2, 0.25) is 0 Å². The Morgan fingerprint density at radius 3 is 1.26 bits per heavy atom. The average Bonchev–Trinajstić information content (AvgIpc) is 3.89. The Morgan fingerprint density at radius 2 is 0.939 bits per heavy atom. The fourth-order valence-corrected chi connectivity index (χ4v) is 10.9. The molecule has 2 amide bonds. The monoisotopic (exact) mass is 1070 g/mol. The highest BCUT2D eigenvalue weighted by atomic mass is 127. The maximum absolute atomic E-state index is 13.9. The minimum absolute atomic E-state index is 0. The van der Waals surface area contributed by atoms with Crippen LogP contribution in [0.15, 0.2) is 12.1 Å². The van der Waals surface area contributed by atoms with Gasteiger partial charge in [-0.05, 0) is 168 Å². The van der Waals surface area contributed by atoms with E-state index in [0.29, 0.717) is 71.5 Å². The number of esters is 1. The van der Waals surface area contributed by atoms with E-state index in [4.69, 9.17) is 4.74 Å². The van der Waals surface area contributed by atoms with Crippen molar-refractivity contribution in [1.82, 2.24) is 0 Å². The third kappa shape index (κ3) is 16.6. The van der Waals surface area contributed by atoms with Gasteiger partial charge in [0.1, 0.15) is 9.75 Å². The van der Waals surface area contributed by atoms with Gasteiger partial charge < -0.3 is 29.9 Å². The number of amides is 2. The summed E-state index contributed by atoms with van der Waals surface area (Å²) >= 11 is 2.45. The van der Waals surface area contributed by atoms with Gasteiger partial charge in [0.2, 0.25) is 11.8 Å². The van der Waals surface area contributed by atoms with Crippen molar-refractivity contribution in [2.75, 3.05) is 16.9 Å². The smallest absolute Gasteiger partial charge is 0.350 e. The summed E-state index contributed by atoms with van der Waals surface area (Å²) in [6, 6.07) is 3.59. The number of anilines is 2. The third-order valence-electron chi connectivity index (χ3n) is 12.9. The molecule has 4 saturated carbocycles. The normalized spacial score (nSPS) is 25.2. The van der Waals surface area contributed by atoms with E-state index < -0.39 is 11.9 Å². The van der Waals surface area contributed by atoms with Crippen molar-refractivity contribution in [3.05, 3.63) is 31.6 Å². The number of halogens is 1. The molecule has 3 N–H and O–H groups in total. The number of carboxylic acids is 1. The Morgan fingerprint density at radius 1 is 0.606 bits per heavy atom. The van der Waals surface area contributed by atoms with Gasteiger partial charge in [-0.2, -0.15) is 0 Å². The molecule has 6 rings (SSSR count). The second-order valence-corrected chi connectivity index (χ2v) is 22.8. The molecule has 4 aliphatic rings. The van der Waals surface area contributed by atoms with Gasteiger partial charge in [-0.15, -0.1) is 46.7 Å². The van der Waals surface area contributed by atoms with Gasteiger partial charge in [-0.1, -0.05) is 51.4 Å². The van der Waals surface area contributed by atoms with Gasteiger partial charge in [0.25, 0.3) is 0 Å². The molecule has 2 aromatic heterocycles. The Balaban J connectivity index is 0.000000431. The lowest BCUT2D eigenvalue weighted by atomic mass is 9.81. The molecule has 0 radical (unpaired) electrons. The Bertz CT molecular complexity index is 2030. The Kier molecular flexibility index (Phi) is 22.7. The van der Waals surface area contributed by atoms with Crippen LogP contribution in [0.5, 0.6) is 0 Å². The van der Waals surface area contributed by atoms with Crippen LogP contribution in [0.1, 0.15) is 202 Å². The zero-order valence-electron chi connectivity index (χ0n) is 41.6. The molecule has 2 heterocycles. The number of carbonyl (C=O) groups excluding carboxylic acids is 3. The lowest BCUT2D eigenvalue weighted by Gasteiger charge is -2.38. The molecule has 4 fully saturated rings. The number of hydrogen-bond acceptors (Lipinski definition) is 9. The Hall–Kier alpha value is -2.95. The first-order valence-corrected chi connectivity index (χ1v) is 25.9. The van der Waals surface area contributed by atoms with E-state index in [-0.39, 0.29) is 89.1 Å². The predicted octanol–water partition coefficient (Wildman–Crippen LogP) is 12.6. The molecule has 0 bridgehead atoms. The first-order chi connectivity index (χ1) is 30.6. The van der Waals surface area contributed by atoms with Crippen LogP contribution in [-0.4, -0.2) is 70.5 Å². The van der Waals surface area contributed by atoms with Crippen molar-refractivity contribution in [2.45, 2.75) is 196 Å². The number of aromatic carboxylic acids is 1. The molecule has 10 nitrogen and oxygen atoms in total. The minimum Gasteiger partial charge on any atom is -0.477 e. The molecular weight excluding hydrogens is 984 g/mol. The van der Waals surface area contributed by atoms with E-state index in [0.717, 1.165) is 80.4 Å². The van der Waals surface area contributed by atoms with E-state index >= 15 is 0 Å².